The van der Waals surface area contributed by atoms with Crippen molar-refractivity contribution in [1.82, 2.24) is 0 Å². The third-order valence-corrected chi connectivity index (χ3v) is 4.65. The van der Waals surface area contributed by atoms with Gasteiger partial charge in [-0.2, -0.15) is 0 Å². The maximum absolute atomic E-state index is 1.97. The number of allylic oxidation sites excluding steroid dienone is 2. The number of hydrogen-bond donors (Lipinski definition) is 0. The summed E-state index contributed by atoms with van der Waals surface area (Å²) in [7, 11) is 0. The van der Waals surface area contributed by atoms with E-state index in [-0.39, 0.29) is 17.4 Å². The zero-order chi connectivity index (χ0) is 4.62. The summed E-state index contributed by atoms with van der Waals surface area (Å²) >= 11 is 0. The maximum Gasteiger partial charge on any atom is 0 e. The molecule has 9 heavy (non-hydrogen) atoms. The minimum Gasteiger partial charge on any atom is -0.0623 e. The second-order valence-electron chi connectivity index (χ2n) is 4.17. The molecule has 41 valence electrons. The van der Waals surface area contributed by atoms with Crippen molar-refractivity contribution in [2.75, 3.05) is 0 Å². The third-order valence-electron chi connectivity index (χ3n) is 4.65. The van der Waals surface area contributed by atoms with Gasteiger partial charge >= 0.3 is 0 Å². The lowest BCUT2D eigenvalue weighted by Gasteiger charge is -2.96. The fourth-order valence-electron chi connectivity index (χ4n) is 4.46. The highest BCUT2D eigenvalue weighted by Gasteiger charge is 2.91. The van der Waals surface area contributed by atoms with E-state index in [0.717, 1.165) is 0 Å². The molecule has 0 saturated heterocycles. The summed E-state index contributed by atoms with van der Waals surface area (Å²) in [5, 5.41) is 0. The first-order valence-electron chi connectivity index (χ1n) is 3.74. The van der Waals surface area contributed by atoms with Crippen molar-refractivity contribution in [3.05, 3.63) is 11.1 Å². The Morgan fingerprint density at radius 1 is 0.667 bits per heavy atom. The van der Waals surface area contributed by atoms with Crippen molar-refractivity contribution < 1.29 is 0 Å². The zero-order valence-electron chi connectivity index (χ0n) is 5.04. The molecule has 0 aromatic rings. The van der Waals surface area contributed by atoms with E-state index in [1.54, 1.807) is 0 Å². The molecule has 4 unspecified atom stereocenters. The molecule has 1 heteroatoms. The van der Waals surface area contributed by atoms with Crippen molar-refractivity contribution >= 4 is 17.4 Å². The monoisotopic (exact) mass is 129 g/mol. The highest BCUT2D eigenvalue weighted by atomic mass is 27.0. The Balaban J connectivity index is 0.000000288. The van der Waals surface area contributed by atoms with E-state index in [1.165, 1.54) is 35.5 Å². The molecule has 0 aliphatic heterocycles. The average molecular weight is 129 g/mol. The van der Waals surface area contributed by atoms with Gasteiger partial charge in [0.15, 0.2) is 0 Å². The van der Waals surface area contributed by atoms with Gasteiger partial charge in [-0.1, -0.05) is 11.1 Å². The van der Waals surface area contributed by atoms with Crippen LogP contribution in [0.1, 0.15) is 0 Å². The minimum absolute atomic E-state index is 0. The van der Waals surface area contributed by atoms with Crippen LogP contribution in [0.25, 0.3) is 0 Å². The van der Waals surface area contributed by atoms with Gasteiger partial charge in [0.05, 0.1) is 0 Å². The first-order chi connectivity index (χ1) is 4.00. The highest BCUT2D eigenvalue weighted by Crippen LogP contribution is 2.97. The Labute approximate surface area is 64.4 Å². The first-order valence-corrected chi connectivity index (χ1v) is 3.74. The Hall–Kier alpha value is 0.272. The van der Waals surface area contributed by atoms with Gasteiger partial charge in [0, 0.05) is 17.4 Å². The molecule has 0 spiro atoms. The van der Waals surface area contributed by atoms with Crippen LogP contribution in [0, 0.1) is 35.5 Å². The molecule has 0 amide bonds. The molecule has 0 bridgehead atoms. The van der Waals surface area contributed by atoms with Gasteiger partial charge in [-0.25, -0.2) is 0 Å². The summed E-state index contributed by atoms with van der Waals surface area (Å²) < 4.78 is 0. The standard InChI is InChI=1S/C8H6.Al/c1-2-5-3(1)7-4(1)6(2)8(5)7;/h1-6H;. The number of rotatable bonds is 0. The van der Waals surface area contributed by atoms with Gasteiger partial charge in [0.25, 0.3) is 0 Å². The first kappa shape index (κ1) is 4.21. The summed E-state index contributed by atoms with van der Waals surface area (Å²) in [6.07, 6.45) is 0. The quantitative estimate of drug-likeness (QED) is 0.333. The van der Waals surface area contributed by atoms with Crippen LogP contribution in [-0.4, -0.2) is 17.4 Å². The molecule has 6 aliphatic rings. The van der Waals surface area contributed by atoms with Crippen LogP contribution in [0.15, 0.2) is 11.1 Å². The van der Waals surface area contributed by atoms with Crippen molar-refractivity contribution in [1.29, 1.82) is 0 Å². The summed E-state index contributed by atoms with van der Waals surface area (Å²) in [5.41, 5.74) is 3.93. The molecule has 0 N–H and O–H groups in total. The van der Waals surface area contributed by atoms with E-state index in [9.17, 15) is 0 Å². The maximum atomic E-state index is 1.97. The Bertz CT molecular complexity index is 226. The largest absolute Gasteiger partial charge is 0.0623 e. The minimum atomic E-state index is 0. The van der Waals surface area contributed by atoms with Gasteiger partial charge in [-0.15, -0.1) is 0 Å². The molecule has 3 radical (unpaired) electrons. The fraction of sp³-hybridized carbons (Fsp3) is 0.750. The van der Waals surface area contributed by atoms with Gasteiger partial charge in [0.1, 0.15) is 0 Å². The Morgan fingerprint density at radius 3 is 1.11 bits per heavy atom. The predicted molar refractivity (Wildman–Crippen MR) is 33.7 cm³/mol. The third kappa shape index (κ3) is 0.140. The molecule has 0 aromatic carbocycles. The molecule has 0 nitrogen and oxygen atoms in total. The van der Waals surface area contributed by atoms with Crippen LogP contribution in [0.5, 0.6) is 0 Å². The predicted octanol–water partition coefficient (Wildman–Crippen LogP) is 0.667. The van der Waals surface area contributed by atoms with E-state index >= 15 is 0 Å². The highest BCUT2D eigenvalue weighted by molar-refractivity contribution is 5.75. The van der Waals surface area contributed by atoms with Crippen LogP contribution in [0.3, 0.4) is 0 Å². The lowest BCUT2D eigenvalue weighted by atomic mass is 9.08. The van der Waals surface area contributed by atoms with Crippen LogP contribution < -0.4 is 0 Å². The van der Waals surface area contributed by atoms with Crippen molar-refractivity contribution in [2.24, 2.45) is 35.5 Å². The molecule has 0 aromatic heterocycles. The van der Waals surface area contributed by atoms with Gasteiger partial charge in [-0.3, -0.25) is 0 Å². The summed E-state index contributed by atoms with van der Waals surface area (Å²) in [6.45, 7) is 0. The molecule has 6 aliphatic carbocycles. The van der Waals surface area contributed by atoms with Crippen LogP contribution in [0.4, 0.5) is 0 Å². The summed E-state index contributed by atoms with van der Waals surface area (Å²) in [4.78, 5) is 0. The zero-order valence-corrected chi connectivity index (χ0v) is 6.20. The molecule has 6 rings (SSSR count). The lowest BCUT2D eigenvalue weighted by Crippen LogP contribution is -2.90. The van der Waals surface area contributed by atoms with Gasteiger partial charge in [-0.05, 0) is 35.5 Å². The number of hydrogen-bond acceptors (Lipinski definition) is 0. The van der Waals surface area contributed by atoms with E-state index in [2.05, 4.69) is 0 Å². The van der Waals surface area contributed by atoms with E-state index in [0.29, 0.717) is 0 Å². The second-order valence-corrected chi connectivity index (χ2v) is 4.17. The Kier molecular flexibility index (Phi) is 0.348. The summed E-state index contributed by atoms with van der Waals surface area (Å²) in [6, 6.07) is 0. The van der Waals surface area contributed by atoms with Crippen molar-refractivity contribution in [2.45, 2.75) is 0 Å². The Morgan fingerprint density at radius 2 is 1.00 bits per heavy atom. The van der Waals surface area contributed by atoms with Crippen LogP contribution >= 0.6 is 0 Å². The topological polar surface area (TPSA) is 0 Å². The van der Waals surface area contributed by atoms with Crippen molar-refractivity contribution in [3.8, 4) is 0 Å². The van der Waals surface area contributed by atoms with Crippen LogP contribution in [0.2, 0.25) is 0 Å². The molecule has 4 saturated carbocycles. The average Bonchev–Trinajstić information content (AvgIpc) is 1.90. The molecule has 0 heterocycles. The van der Waals surface area contributed by atoms with Crippen LogP contribution in [-0.2, 0) is 0 Å². The lowest BCUT2D eigenvalue weighted by molar-refractivity contribution is -0.333. The van der Waals surface area contributed by atoms with Gasteiger partial charge < -0.3 is 0 Å². The molecule has 4 atom stereocenters. The van der Waals surface area contributed by atoms with E-state index in [1.807, 2.05) is 11.1 Å². The SMILES string of the molecule is C12=C3C4C1C1C2C3C41.[Al]. The normalized spacial score (nSPS) is 80.0. The smallest absolute Gasteiger partial charge is 0 e. The van der Waals surface area contributed by atoms with E-state index < -0.39 is 0 Å². The molecular formula is C8H6Al. The fourth-order valence-corrected chi connectivity index (χ4v) is 4.46. The molecule has 4 fully saturated rings. The van der Waals surface area contributed by atoms with Gasteiger partial charge in [0.2, 0.25) is 0 Å². The second kappa shape index (κ2) is 0.743. The van der Waals surface area contributed by atoms with Crippen molar-refractivity contribution in [3.63, 3.8) is 0 Å². The summed E-state index contributed by atoms with van der Waals surface area (Å²) in [5.74, 6) is 7.40. The molecular weight excluding hydrogens is 123 g/mol. The van der Waals surface area contributed by atoms with E-state index in [4.69, 9.17) is 0 Å².